The number of rotatable bonds is 1. The maximum atomic E-state index is 12.3. The van der Waals surface area contributed by atoms with Crippen LogP contribution in [-0.2, 0) is 12.8 Å². The topological polar surface area (TPSA) is 63.3 Å². The average molecular weight is 308 g/mol. The minimum Gasteiger partial charge on any atom is -0.507 e. The van der Waals surface area contributed by atoms with Gasteiger partial charge in [-0.15, -0.1) is 0 Å². The van der Waals surface area contributed by atoms with Gasteiger partial charge < -0.3 is 10.8 Å². The Morgan fingerprint density at radius 3 is 2.52 bits per heavy atom. The summed E-state index contributed by atoms with van der Waals surface area (Å²) < 4.78 is 12.3. The van der Waals surface area contributed by atoms with Crippen molar-refractivity contribution in [3.63, 3.8) is 0 Å². The van der Waals surface area contributed by atoms with Crippen molar-refractivity contribution in [1.82, 2.24) is 0 Å². The Morgan fingerprint density at radius 2 is 1.86 bits per heavy atom. The fraction of sp³-hybridized carbons (Fsp3) is 0.188. The molecule has 0 heterocycles. The van der Waals surface area contributed by atoms with E-state index in [2.05, 4.69) is 12.1 Å². The van der Waals surface area contributed by atoms with Crippen molar-refractivity contribution in [3.8, 4) is 5.75 Å². The summed E-state index contributed by atoms with van der Waals surface area (Å²) in [6.45, 7) is 0. The van der Waals surface area contributed by atoms with Crippen LogP contribution in [0.25, 0.3) is 0 Å². The zero-order chi connectivity index (χ0) is 15.4. The van der Waals surface area contributed by atoms with Gasteiger partial charge in [-0.3, -0.25) is 4.79 Å². The molecule has 1 aliphatic rings. The number of hydrogen-bond donors (Lipinski definition) is 2. The van der Waals surface area contributed by atoms with Gasteiger partial charge in [0.05, 0.1) is 5.56 Å². The average Bonchev–Trinajstić information content (AvgIpc) is 2.86. The third-order valence-electron chi connectivity index (χ3n) is 3.29. The fourth-order valence-electron chi connectivity index (χ4n) is 2.25. The zero-order valence-electron chi connectivity index (χ0n) is 11.3. The van der Waals surface area contributed by atoms with E-state index in [9.17, 15) is 9.18 Å². The number of benzene rings is 2. The smallest absolute Gasteiger partial charge is 0.252 e. The number of halogens is 2. The number of hydrogen-bond acceptors (Lipinski definition) is 2. The molecule has 5 heteroatoms. The molecule has 3 nitrogen and oxygen atoms in total. The van der Waals surface area contributed by atoms with E-state index < -0.39 is 17.5 Å². The van der Waals surface area contributed by atoms with Gasteiger partial charge in [0.2, 0.25) is 0 Å². The Labute approximate surface area is 127 Å². The third-order valence-corrected chi connectivity index (χ3v) is 3.52. The van der Waals surface area contributed by atoms with Gasteiger partial charge in [-0.2, -0.15) is 0 Å². The van der Waals surface area contributed by atoms with Crippen LogP contribution in [0.15, 0.2) is 36.4 Å². The number of phenols is 1. The quantitative estimate of drug-likeness (QED) is 0.847. The molecule has 0 radical (unpaired) electrons. The Bertz CT molecular complexity index is 673. The van der Waals surface area contributed by atoms with Crippen LogP contribution < -0.4 is 5.73 Å². The van der Waals surface area contributed by atoms with Crippen molar-refractivity contribution < 1.29 is 14.3 Å². The van der Waals surface area contributed by atoms with Crippen LogP contribution in [-0.4, -0.2) is 11.0 Å². The van der Waals surface area contributed by atoms with Crippen LogP contribution in [0.5, 0.6) is 5.75 Å². The van der Waals surface area contributed by atoms with Crippen LogP contribution in [0.1, 0.15) is 27.9 Å². The summed E-state index contributed by atoms with van der Waals surface area (Å²) in [7, 11) is 0. The zero-order valence-corrected chi connectivity index (χ0v) is 12.0. The molecule has 1 amide bonds. The fourth-order valence-corrected chi connectivity index (χ4v) is 2.45. The van der Waals surface area contributed by atoms with Crippen LogP contribution in [0.4, 0.5) is 4.39 Å². The molecule has 0 fully saturated rings. The Kier molecular flexibility index (Phi) is 4.81. The van der Waals surface area contributed by atoms with E-state index in [0.29, 0.717) is 0 Å². The second-order valence-electron chi connectivity index (χ2n) is 4.79. The largest absolute Gasteiger partial charge is 0.507 e. The van der Waals surface area contributed by atoms with E-state index in [1.54, 1.807) is 0 Å². The van der Waals surface area contributed by atoms with Crippen molar-refractivity contribution >= 4 is 17.5 Å². The highest BCUT2D eigenvalue weighted by molar-refractivity contribution is 6.30. The van der Waals surface area contributed by atoms with Gasteiger partial charge in [-0.1, -0.05) is 17.7 Å². The molecule has 3 N–H and O–H groups in total. The molecule has 0 bridgehead atoms. The maximum Gasteiger partial charge on any atom is 0.252 e. The molecule has 21 heavy (non-hydrogen) atoms. The van der Waals surface area contributed by atoms with E-state index in [1.807, 2.05) is 6.07 Å². The number of carbonyl (C=O) groups is 1. The number of carbonyl (C=O) groups excluding carboxylic acids is 1. The Balaban J connectivity index is 0.000000154. The number of amides is 1. The van der Waals surface area contributed by atoms with E-state index in [-0.39, 0.29) is 5.56 Å². The molecule has 0 atom stereocenters. The molecule has 2 aromatic rings. The molecule has 0 spiro atoms. The van der Waals surface area contributed by atoms with Crippen LogP contribution in [0.3, 0.4) is 0 Å². The molecular formula is C16H15ClFNO2. The molecule has 2 aromatic carbocycles. The minimum absolute atomic E-state index is 0.0774. The normalized spacial score (nSPS) is 12.3. The van der Waals surface area contributed by atoms with Gasteiger partial charge in [0.1, 0.15) is 11.6 Å². The number of fused-ring (bicyclic) bond motifs is 1. The van der Waals surface area contributed by atoms with Crippen molar-refractivity contribution in [2.24, 2.45) is 5.73 Å². The lowest BCUT2D eigenvalue weighted by atomic mass is 10.1. The van der Waals surface area contributed by atoms with Crippen molar-refractivity contribution in [3.05, 3.63) is 63.9 Å². The predicted octanol–water partition coefficient (Wildman–Crippen LogP) is 3.46. The van der Waals surface area contributed by atoms with Crippen molar-refractivity contribution in [2.45, 2.75) is 19.3 Å². The van der Waals surface area contributed by atoms with E-state index in [1.165, 1.54) is 30.4 Å². The summed E-state index contributed by atoms with van der Waals surface area (Å²) >= 11 is 5.82. The molecule has 3 rings (SSSR count). The van der Waals surface area contributed by atoms with Crippen molar-refractivity contribution in [1.29, 1.82) is 0 Å². The molecule has 0 aromatic heterocycles. The molecule has 0 aliphatic heterocycles. The highest BCUT2D eigenvalue weighted by Crippen LogP contribution is 2.24. The van der Waals surface area contributed by atoms with Gasteiger partial charge in [0.15, 0.2) is 0 Å². The second kappa shape index (κ2) is 6.59. The monoisotopic (exact) mass is 307 g/mol. The molecule has 0 unspecified atom stereocenters. The lowest BCUT2D eigenvalue weighted by Crippen LogP contribution is -2.10. The van der Waals surface area contributed by atoms with Gasteiger partial charge in [-0.05, 0) is 54.7 Å². The molecule has 1 aliphatic carbocycles. The minimum atomic E-state index is -0.775. The van der Waals surface area contributed by atoms with Crippen LogP contribution in [0.2, 0.25) is 5.02 Å². The number of aryl methyl sites for hydroxylation is 2. The number of nitrogens with two attached hydrogens (primary N) is 1. The highest BCUT2D eigenvalue weighted by atomic mass is 35.5. The molecule has 0 saturated heterocycles. The number of primary amides is 1. The SMILES string of the molecule is Clc1ccc2c(c1)CCC2.NC(=O)c1ccc(F)cc1O. The maximum absolute atomic E-state index is 12.3. The third kappa shape index (κ3) is 3.95. The highest BCUT2D eigenvalue weighted by Gasteiger charge is 2.09. The molecular weight excluding hydrogens is 293 g/mol. The lowest BCUT2D eigenvalue weighted by Gasteiger charge is -1.97. The van der Waals surface area contributed by atoms with E-state index >= 15 is 0 Å². The first-order valence-corrected chi connectivity index (χ1v) is 6.91. The van der Waals surface area contributed by atoms with Gasteiger partial charge >= 0.3 is 0 Å². The first-order chi connectivity index (χ1) is 9.97. The Hall–Kier alpha value is -2.07. The summed E-state index contributed by atoms with van der Waals surface area (Å²) in [6, 6.07) is 9.23. The number of aromatic hydroxyl groups is 1. The van der Waals surface area contributed by atoms with Crippen LogP contribution in [0, 0.1) is 5.82 Å². The summed E-state index contributed by atoms with van der Waals surface area (Å²) in [5, 5.41) is 9.80. The van der Waals surface area contributed by atoms with Gasteiger partial charge in [-0.25, -0.2) is 4.39 Å². The van der Waals surface area contributed by atoms with Crippen molar-refractivity contribution in [2.75, 3.05) is 0 Å². The first kappa shape index (κ1) is 15.3. The van der Waals surface area contributed by atoms with E-state index in [0.717, 1.165) is 23.2 Å². The first-order valence-electron chi connectivity index (χ1n) is 6.53. The van der Waals surface area contributed by atoms with Gasteiger partial charge in [0, 0.05) is 11.1 Å². The molecule has 0 saturated carbocycles. The summed E-state index contributed by atoms with van der Waals surface area (Å²) in [5.74, 6) is -1.81. The predicted molar refractivity (Wildman–Crippen MR) is 80.1 cm³/mol. The summed E-state index contributed by atoms with van der Waals surface area (Å²) in [6.07, 6.45) is 3.76. The summed E-state index contributed by atoms with van der Waals surface area (Å²) in [5.41, 5.74) is 7.71. The van der Waals surface area contributed by atoms with Crippen LogP contribution >= 0.6 is 11.6 Å². The Morgan fingerprint density at radius 1 is 1.14 bits per heavy atom. The van der Waals surface area contributed by atoms with Gasteiger partial charge in [0.25, 0.3) is 5.91 Å². The lowest BCUT2D eigenvalue weighted by molar-refractivity contribution is 0.0997. The summed E-state index contributed by atoms with van der Waals surface area (Å²) in [4.78, 5) is 10.5. The standard InChI is InChI=1S/C9H9Cl.C7H6FNO2/c10-9-5-4-7-2-1-3-8(7)6-9;8-4-1-2-5(7(9)11)6(10)3-4/h4-6H,1-3H2;1-3,10H,(H2,9,11). The second-order valence-corrected chi connectivity index (χ2v) is 5.23. The van der Waals surface area contributed by atoms with E-state index in [4.69, 9.17) is 22.4 Å². The molecule has 110 valence electrons.